The van der Waals surface area contributed by atoms with Crippen LogP contribution in [0.2, 0.25) is 0 Å². The average molecular weight is 224 g/mol. The second-order valence-electron chi connectivity index (χ2n) is 4.43. The van der Waals surface area contributed by atoms with E-state index in [0.29, 0.717) is 0 Å². The highest BCUT2D eigenvalue weighted by molar-refractivity contribution is 5.82. The molecule has 0 aliphatic heterocycles. The molecule has 0 bridgehead atoms. The highest BCUT2D eigenvalue weighted by Crippen LogP contribution is 2.19. The van der Waals surface area contributed by atoms with Crippen molar-refractivity contribution in [2.75, 3.05) is 0 Å². The maximum absolute atomic E-state index is 4.55. The summed E-state index contributed by atoms with van der Waals surface area (Å²) in [6.45, 7) is 2.22. The summed E-state index contributed by atoms with van der Waals surface area (Å²) >= 11 is 0. The van der Waals surface area contributed by atoms with Crippen molar-refractivity contribution in [3.63, 3.8) is 0 Å². The Morgan fingerprint density at radius 2 is 2.00 bits per heavy atom. The van der Waals surface area contributed by atoms with Gasteiger partial charge in [-0.15, -0.1) is 0 Å². The van der Waals surface area contributed by atoms with Crippen molar-refractivity contribution >= 4 is 16.4 Å². The standard InChI is InChI=1S/C15H16N2/c1-2-3-8-15-16-11-13-10-9-12-6-4-5-7-14(12)17(13)15/h4-7,9-11H,2-3,8H2,1H3. The van der Waals surface area contributed by atoms with Crippen LogP contribution >= 0.6 is 0 Å². The summed E-state index contributed by atoms with van der Waals surface area (Å²) in [5, 5.41) is 1.27. The minimum Gasteiger partial charge on any atom is -0.296 e. The first-order chi connectivity index (χ1) is 8.40. The zero-order valence-electron chi connectivity index (χ0n) is 10.1. The fourth-order valence-corrected chi connectivity index (χ4v) is 2.32. The van der Waals surface area contributed by atoms with Gasteiger partial charge in [-0.1, -0.05) is 37.6 Å². The number of rotatable bonds is 3. The maximum Gasteiger partial charge on any atom is 0.113 e. The molecule has 0 aliphatic rings. The molecule has 86 valence electrons. The minimum atomic E-state index is 1.05. The maximum atomic E-state index is 4.55. The van der Waals surface area contributed by atoms with E-state index >= 15 is 0 Å². The summed E-state index contributed by atoms with van der Waals surface area (Å²) in [6, 6.07) is 12.8. The molecule has 3 rings (SSSR count). The molecule has 2 heteroatoms. The molecule has 0 N–H and O–H groups in total. The number of imidazole rings is 1. The number of aromatic nitrogens is 2. The van der Waals surface area contributed by atoms with Crippen LogP contribution in [0.1, 0.15) is 25.6 Å². The first-order valence-corrected chi connectivity index (χ1v) is 6.24. The van der Waals surface area contributed by atoms with Gasteiger partial charge in [0, 0.05) is 6.42 Å². The second-order valence-corrected chi connectivity index (χ2v) is 4.43. The van der Waals surface area contributed by atoms with Crippen molar-refractivity contribution < 1.29 is 0 Å². The van der Waals surface area contributed by atoms with Crippen LogP contribution in [-0.4, -0.2) is 9.38 Å². The van der Waals surface area contributed by atoms with Gasteiger partial charge in [0.1, 0.15) is 5.82 Å². The molecule has 1 aromatic carbocycles. The van der Waals surface area contributed by atoms with Crippen molar-refractivity contribution in [2.45, 2.75) is 26.2 Å². The number of hydrogen-bond donors (Lipinski definition) is 0. The molecule has 0 spiro atoms. The lowest BCUT2D eigenvalue weighted by Crippen LogP contribution is -1.96. The predicted octanol–water partition coefficient (Wildman–Crippen LogP) is 3.83. The number of unbranched alkanes of at least 4 members (excludes halogenated alkanes) is 1. The third-order valence-corrected chi connectivity index (χ3v) is 3.23. The van der Waals surface area contributed by atoms with Gasteiger partial charge in [0.15, 0.2) is 0 Å². The van der Waals surface area contributed by atoms with E-state index in [0.717, 1.165) is 6.42 Å². The van der Waals surface area contributed by atoms with E-state index in [-0.39, 0.29) is 0 Å². The first-order valence-electron chi connectivity index (χ1n) is 6.24. The van der Waals surface area contributed by atoms with Crippen LogP contribution in [0.5, 0.6) is 0 Å². The van der Waals surface area contributed by atoms with Gasteiger partial charge in [-0.2, -0.15) is 0 Å². The summed E-state index contributed by atoms with van der Waals surface area (Å²) in [5.41, 5.74) is 2.45. The third kappa shape index (κ3) is 1.70. The lowest BCUT2D eigenvalue weighted by molar-refractivity contribution is 0.754. The summed E-state index contributed by atoms with van der Waals surface area (Å²) < 4.78 is 2.28. The molecular weight excluding hydrogens is 208 g/mol. The molecular formula is C15H16N2. The molecule has 2 nitrogen and oxygen atoms in total. The van der Waals surface area contributed by atoms with E-state index in [1.807, 2.05) is 6.20 Å². The number of hydrogen-bond acceptors (Lipinski definition) is 1. The Bertz CT molecular complexity index is 652. The largest absolute Gasteiger partial charge is 0.296 e. The molecule has 17 heavy (non-hydrogen) atoms. The van der Waals surface area contributed by atoms with Crippen LogP contribution in [0, 0.1) is 0 Å². The van der Waals surface area contributed by atoms with Crippen molar-refractivity contribution in [1.29, 1.82) is 0 Å². The molecule has 0 radical (unpaired) electrons. The number of benzene rings is 1. The van der Waals surface area contributed by atoms with Crippen molar-refractivity contribution in [3.05, 3.63) is 48.4 Å². The monoisotopic (exact) mass is 224 g/mol. The summed E-state index contributed by atoms with van der Waals surface area (Å²) in [5.74, 6) is 1.18. The zero-order chi connectivity index (χ0) is 11.7. The molecule has 3 aromatic rings. The third-order valence-electron chi connectivity index (χ3n) is 3.23. The summed E-state index contributed by atoms with van der Waals surface area (Å²) in [6.07, 6.45) is 5.43. The number of fused-ring (bicyclic) bond motifs is 3. The average Bonchev–Trinajstić information content (AvgIpc) is 2.80. The van der Waals surface area contributed by atoms with Gasteiger partial charge in [0.25, 0.3) is 0 Å². The second kappa shape index (κ2) is 4.21. The summed E-state index contributed by atoms with van der Waals surface area (Å²) in [4.78, 5) is 4.55. The predicted molar refractivity (Wildman–Crippen MR) is 71.3 cm³/mol. The van der Waals surface area contributed by atoms with Gasteiger partial charge in [-0.3, -0.25) is 4.40 Å². The molecule has 0 saturated heterocycles. The van der Waals surface area contributed by atoms with Crippen LogP contribution in [-0.2, 0) is 6.42 Å². The van der Waals surface area contributed by atoms with Crippen LogP contribution in [0.3, 0.4) is 0 Å². The van der Waals surface area contributed by atoms with E-state index in [2.05, 4.69) is 52.7 Å². The van der Waals surface area contributed by atoms with Crippen molar-refractivity contribution in [2.24, 2.45) is 0 Å². The quantitative estimate of drug-likeness (QED) is 0.661. The Hall–Kier alpha value is -1.83. The lowest BCUT2D eigenvalue weighted by atomic mass is 10.2. The Morgan fingerprint density at radius 1 is 1.12 bits per heavy atom. The molecule has 0 unspecified atom stereocenters. The van der Waals surface area contributed by atoms with Gasteiger partial charge in [0.05, 0.1) is 17.2 Å². The molecule has 0 aliphatic carbocycles. The van der Waals surface area contributed by atoms with Gasteiger partial charge in [-0.25, -0.2) is 4.98 Å². The van der Waals surface area contributed by atoms with E-state index in [9.17, 15) is 0 Å². The van der Waals surface area contributed by atoms with E-state index < -0.39 is 0 Å². The minimum absolute atomic E-state index is 1.05. The zero-order valence-corrected chi connectivity index (χ0v) is 10.1. The van der Waals surface area contributed by atoms with Crippen molar-refractivity contribution in [3.8, 4) is 0 Å². The molecule has 0 atom stereocenters. The van der Waals surface area contributed by atoms with Gasteiger partial charge in [-0.05, 0) is 23.9 Å². The van der Waals surface area contributed by atoms with Gasteiger partial charge < -0.3 is 0 Å². The molecule has 0 amide bonds. The van der Waals surface area contributed by atoms with E-state index in [1.165, 1.54) is 35.1 Å². The normalized spacial score (nSPS) is 11.4. The smallest absolute Gasteiger partial charge is 0.113 e. The number of aryl methyl sites for hydroxylation is 1. The first kappa shape index (κ1) is 10.3. The van der Waals surface area contributed by atoms with Crippen LogP contribution < -0.4 is 0 Å². The SMILES string of the molecule is CCCCc1ncc2ccc3ccccc3n12. The molecule has 0 saturated carbocycles. The van der Waals surface area contributed by atoms with Gasteiger partial charge >= 0.3 is 0 Å². The molecule has 2 aromatic heterocycles. The van der Waals surface area contributed by atoms with Crippen LogP contribution in [0.4, 0.5) is 0 Å². The van der Waals surface area contributed by atoms with E-state index in [1.54, 1.807) is 0 Å². The Morgan fingerprint density at radius 3 is 2.88 bits per heavy atom. The topological polar surface area (TPSA) is 17.3 Å². The van der Waals surface area contributed by atoms with Crippen LogP contribution in [0.25, 0.3) is 16.4 Å². The highest BCUT2D eigenvalue weighted by Gasteiger charge is 2.05. The number of nitrogens with zero attached hydrogens (tertiary/aromatic N) is 2. The number of para-hydroxylation sites is 1. The fraction of sp³-hybridized carbons (Fsp3) is 0.267. The van der Waals surface area contributed by atoms with Crippen LogP contribution in [0.15, 0.2) is 42.6 Å². The Labute approximate surface area is 101 Å². The van der Waals surface area contributed by atoms with E-state index in [4.69, 9.17) is 0 Å². The highest BCUT2D eigenvalue weighted by atomic mass is 15.0. The molecule has 0 fully saturated rings. The Kier molecular flexibility index (Phi) is 2.56. The number of pyridine rings is 1. The fourth-order valence-electron chi connectivity index (χ4n) is 2.32. The molecule has 2 heterocycles. The van der Waals surface area contributed by atoms with Gasteiger partial charge in [0.2, 0.25) is 0 Å². The Balaban J connectivity index is 2.27. The van der Waals surface area contributed by atoms with Crippen molar-refractivity contribution in [1.82, 2.24) is 9.38 Å². The lowest BCUT2D eigenvalue weighted by Gasteiger charge is -2.05. The summed E-state index contributed by atoms with van der Waals surface area (Å²) in [7, 11) is 0.